The van der Waals surface area contributed by atoms with Crippen molar-refractivity contribution in [1.82, 2.24) is 5.32 Å². The molecule has 0 aliphatic rings. The minimum absolute atomic E-state index is 0.0181. The van der Waals surface area contributed by atoms with Crippen LogP contribution in [0.2, 0.25) is 0 Å². The Kier molecular flexibility index (Phi) is 5.15. The average Bonchev–Trinajstić information content (AvgIpc) is 2.26. The van der Waals surface area contributed by atoms with E-state index >= 15 is 0 Å². The third-order valence-corrected chi connectivity index (χ3v) is 1.97. The van der Waals surface area contributed by atoms with Gasteiger partial charge in [-0.15, -0.1) is 0 Å². The summed E-state index contributed by atoms with van der Waals surface area (Å²) in [7, 11) is 0. The lowest BCUT2D eigenvalue weighted by Gasteiger charge is -2.10. The van der Waals surface area contributed by atoms with Crippen LogP contribution >= 0.6 is 0 Å². The Morgan fingerprint density at radius 2 is 2.22 bits per heavy atom. The van der Waals surface area contributed by atoms with E-state index in [1.54, 1.807) is 6.07 Å². The molecule has 4 N–H and O–H groups in total. The molecule has 1 aromatic carbocycles. The van der Waals surface area contributed by atoms with Gasteiger partial charge in [0.15, 0.2) is 0 Å². The second-order valence-corrected chi connectivity index (χ2v) is 3.95. The van der Waals surface area contributed by atoms with E-state index in [-0.39, 0.29) is 24.2 Å². The van der Waals surface area contributed by atoms with Crippen molar-refractivity contribution in [3.05, 3.63) is 29.6 Å². The molecule has 2 amide bonds. The molecule has 0 aliphatic heterocycles. The van der Waals surface area contributed by atoms with Crippen molar-refractivity contribution in [1.29, 1.82) is 0 Å². The van der Waals surface area contributed by atoms with Crippen molar-refractivity contribution >= 4 is 11.7 Å². The molecule has 0 unspecified atom stereocenters. The Balaban J connectivity index is 2.75. The molecule has 0 heterocycles. The van der Waals surface area contributed by atoms with E-state index in [1.807, 2.05) is 13.8 Å². The van der Waals surface area contributed by atoms with Crippen LogP contribution in [0.1, 0.15) is 19.4 Å². The fraction of sp³-hybridized carbons (Fsp3) is 0.308. The number of nitrogens with one attached hydrogen (secondary N) is 2. The normalized spacial score (nSPS) is 9.61. The number of rotatable bonds is 2. The number of hydrogen-bond donors (Lipinski definition) is 3. The zero-order valence-corrected chi connectivity index (χ0v) is 10.4. The zero-order valence-electron chi connectivity index (χ0n) is 10.4. The van der Waals surface area contributed by atoms with Gasteiger partial charge in [0.2, 0.25) is 0 Å². The van der Waals surface area contributed by atoms with E-state index in [9.17, 15) is 9.18 Å². The number of urea groups is 1. The van der Waals surface area contributed by atoms with Gasteiger partial charge in [-0.2, -0.15) is 0 Å². The summed E-state index contributed by atoms with van der Waals surface area (Å²) in [6.07, 6.45) is 0. The van der Waals surface area contributed by atoms with Crippen molar-refractivity contribution in [2.45, 2.75) is 19.9 Å². The highest BCUT2D eigenvalue weighted by molar-refractivity contribution is 5.89. The summed E-state index contributed by atoms with van der Waals surface area (Å²) in [5, 5.41) is 5.18. The molecule has 0 fully saturated rings. The number of anilines is 1. The second-order valence-electron chi connectivity index (χ2n) is 3.95. The molecule has 0 spiro atoms. The highest BCUT2D eigenvalue weighted by Crippen LogP contribution is 2.13. The maximum Gasteiger partial charge on any atom is 0.319 e. The van der Waals surface area contributed by atoms with Crippen molar-refractivity contribution < 1.29 is 9.18 Å². The molecular formula is C13H16FN3O. The predicted octanol–water partition coefficient (Wildman–Crippen LogP) is 1.67. The van der Waals surface area contributed by atoms with Crippen LogP contribution in [0.4, 0.5) is 14.9 Å². The van der Waals surface area contributed by atoms with Gasteiger partial charge in [0, 0.05) is 11.7 Å². The van der Waals surface area contributed by atoms with Crippen LogP contribution in [-0.2, 0) is 0 Å². The molecule has 0 radical (unpaired) electrons. The number of nitrogens with two attached hydrogens (primary N) is 1. The van der Waals surface area contributed by atoms with Crippen LogP contribution in [0, 0.1) is 17.7 Å². The first kappa shape index (κ1) is 14.0. The Morgan fingerprint density at radius 1 is 1.50 bits per heavy atom. The van der Waals surface area contributed by atoms with Gasteiger partial charge in [-0.25, -0.2) is 9.18 Å². The van der Waals surface area contributed by atoms with E-state index in [4.69, 9.17) is 5.73 Å². The number of carbonyl (C=O) groups is 1. The fourth-order valence-electron chi connectivity index (χ4n) is 1.27. The third-order valence-electron chi connectivity index (χ3n) is 1.97. The first-order valence-corrected chi connectivity index (χ1v) is 5.59. The Hall–Kier alpha value is -2.06. The Bertz CT molecular complexity index is 489. The first-order valence-electron chi connectivity index (χ1n) is 5.59. The summed E-state index contributed by atoms with van der Waals surface area (Å²) in [4.78, 5) is 11.4. The molecule has 0 saturated carbocycles. The van der Waals surface area contributed by atoms with Crippen LogP contribution < -0.4 is 16.4 Å². The number of carbonyl (C=O) groups excluding carboxylic acids is 1. The fourth-order valence-corrected chi connectivity index (χ4v) is 1.27. The number of hydrogen-bond acceptors (Lipinski definition) is 2. The molecule has 0 aliphatic carbocycles. The van der Waals surface area contributed by atoms with Gasteiger partial charge < -0.3 is 16.4 Å². The number of amides is 2. The average molecular weight is 249 g/mol. The van der Waals surface area contributed by atoms with Gasteiger partial charge in [0.1, 0.15) is 5.82 Å². The molecule has 1 rings (SSSR count). The molecular weight excluding hydrogens is 233 g/mol. The molecule has 1 aromatic rings. The van der Waals surface area contributed by atoms with Crippen molar-refractivity contribution in [3.63, 3.8) is 0 Å². The predicted molar refractivity (Wildman–Crippen MR) is 69.6 cm³/mol. The molecule has 4 nitrogen and oxygen atoms in total. The third kappa shape index (κ3) is 4.44. The van der Waals surface area contributed by atoms with Crippen molar-refractivity contribution in [2.24, 2.45) is 5.73 Å². The van der Waals surface area contributed by atoms with Crippen molar-refractivity contribution in [2.75, 3.05) is 11.9 Å². The van der Waals surface area contributed by atoms with Gasteiger partial charge in [-0.3, -0.25) is 0 Å². The maximum atomic E-state index is 13.6. The maximum absolute atomic E-state index is 13.6. The summed E-state index contributed by atoms with van der Waals surface area (Å²) in [6.45, 7) is 3.85. The Labute approximate surface area is 106 Å². The first-order chi connectivity index (χ1) is 8.52. The quantitative estimate of drug-likeness (QED) is 0.698. The largest absolute Gasteiger partial charge is 0.336 e. The molecule has 5 heteroatoms. The zero-order chi connectivity index (χ0) is 13.5. The molecule has 0 atom stereocenters. The van der Waals surface area contributed by atoms with Crippen LogP contribution in [0.3, 0.4) is 0 Å². The van der Waals surface area contributed by atoms with Crippen molar-refractivity contribution in [3.8, 4) is 11.8 Å². The number of benzene rings is 1. The van der Waals surface area contributed by atoms with E-state index in [0.29, 0.717) is 5.69 Å². The van der Waals surface area contributed by atoms with Crippen LogP contribution in [0.25, 0.3) is 0 Å². The minimum atomic E-state index is -0.488. The number of halogens is 1. The minimum Gasteiger partial charge on any atom is -0.336 e. The van der Waals surface area contributed by atoms with E-state index in [2.05, 4.69) is 22.5 Å². The van der Waals surface area contributed by atoms with E-state index in [1.165, 1.54) is 12.1 Å². The van der Waals surface area contributed by atoms with Crippen LogP contribution in [-0.4, -0.2) is 18.6 Å². The van der Waals surface area contributed by atoms with Gasteiger partial charge in [0.25, 0.3) is 0 Å². The molecule has 96 valence electrons. The van der Waals surface area contributed by atoms with Gasteiger partial charge >= 0.3 is 6.03 Å². The molecule has 0 aromatic heterocycles. The smallest absolute Gasteiger partial charge is 0.319 e. The molecule has 0 bridgehead atoms. The second kappa shape index (κ2) is 6.62. The van der Waals surface area contributed by atoms with Gasteiger partial charge in [-0.1, -0.05) is 11.8 Å². The topological polar surface area (TPSA) is 67.2 Å². The summed E-state index contributed by atoms with van der Waals surface area (Å²) < 4.78 is 13.6. The summed E-state index contributed by atoms with van der Waals surface area (Å²) in [5.74, 6) is 4.69. The summed E-state index contributed by atoms with van der Waals surface area (Å²) in [5.41, 5.74) is 5.85. The van der Waals surface area contributed by atoms with Gasteiger partial charge in [-0.05, 0) is 32.0 Å². The lowest BCUT2D eigenvalue weighted by molar-refractivity contribution is 0.250. The summed E-state index contributed by atoms with van der Waals surface area (Å²) in [6, 6.07) is 3.96. The monoisotopic (exact) mass is 249 g/mol. The highest BCUT2D eigenvalue weighted by Gasteiger charge is 2.05. The highest BCUT2D eigenvalue weighted by atomic mass is 19.1. The standard InChI is InChI=1S/C13H16FN3O/c1-9(2)16-13(18)17-11-6-5-10(4-3-7-15)12(14)8-11/h5-6,8-9H,7,15H2,1-2H3,(H2,16,17,18). The molecule has 0 saturated heterocycles. The van der Waals surface area contributed by atoms with Crippen LogP contribution in [0.5, 0.6) is 0 Å². The van der Waals surface area contributed by atoms with E-state index in [0.717, 1.165) is 0 Å². The molecule has 18 heavy (non-hydrogen) atoms. The Morgan fingerprint density at radius 3 is 2.78 bits per heavy atom. The van der Waals surface area contributed by atoms with Gasteiger partial charge in [0.05, 0.1) is 12.1 Å². The summed E-state index contributed by atoms with van der Waals surface area (Å²) >= 11 is 0. The lowest BCUT2D eigenvalue weighted by atomic mass is 10.2. The SMILES string of the molecule is CC(C)NC(=O)Nc1ccc(C#CCN)c(F)c1. The van der Waals surface area contributed by atoms with E-state index < -0.39 is 5.82 Å². The lowest BCUT2D eigenvalue weighted by Crippen LogP contribution is -2.34. The van der Waals surface area contributed by atoms with Crippen LogP contribution in [0.15, 0.2) is 18.2 Å².